The van der Waals surface area contributed by atoms with Crippen LogP contribution in [0.25, 0.3) is 0 Å². The van der Waals surface area contributed by atoms with Crippen LogP contribution in [0, 0.1) is 0 Å². The average Bonchev–Trinajstić information content (AvgIpc) is 2.78. The van der Waals surface area contributed by atoms with Crippen molar-refractivity contribution in [1.82, 2.24) is 0 Å². The summed E-state index contributed by atoms with van der Waals surface area (Å²) in [5, 5.41) is 8.60. The van der Waals surface area contributed by atoms with Gasteiger partial charge in [-0.25, -0.2) is 0 Å². The smallest absolute Gasteiger partial charge is 0.303 e. The molecule has 0 aliphatic carbocycles. The van der Waals surface area contributed by atoms with E-state index >= 15 is 0 Å². The number of allylic oxidation sites excluding steroid dienone is 2. The molecule has 0 fully saturated rings. The summed E-state index contributed by atoms with van der Waals surface area (Å²) in [7, 11) is 0. The molecule has 0 aromatic carbocycles. The van der Waals surface area contributed by atoms with E-state index in [0.29, 0.717) is 6.42 Å². The molecule has 0 saturated heterocycles. The number of hydrogen-bond acceptors (Lipinski definition) is 1. The van der Waals surface area contributed by atoms with Gasteiger partial charge in [0.1, 0.15) is 0 Å². The van der Waals surface area contributed by atoms with Gasteiger partial charge in [0.2, 0.25) is 0 Å². The zero-order chi connectivity index (χ0) is 23.4. The summed E-state index contributed by atoms with van der Waals surface area (Å²) in [5.74, 6) is -0.651. The number of carboxylic acid groups (broad SMARTS) is 1. The van der Waals surface area contributed by atoms with Crippen molar-refractivity contribution in [3.05, 3.63) is 12.2 Å². The molecule has 0 rings (SSSR count). The Labute approximate surface area is 202 Å². The van der Waals surface area contributed by atoms with E-state index in [2.05, 4.69) is 19.1 Å². The van der Waals surface area contributed by atoms with E-state index in [-0.39, 0.29) is 0 Å². The van der Waals surface area contributed by atoms with Crippen molar-refractivity contribution in [2.75, 3.05) is 0 Å². The fraction of sp³-hybridized carbons (Fsp3) is 0.900. The molecule has 0 aliphatic rings. The SMILES string of the molecule is CCCCCCCC/C=C\CCCCCCCCCCCCCCCCCCCC(=O)O. The van der Waals surface area contributed by atoms with Gasteiger partial charge in [0.25, 0.3) is 0 Å². The zero-order valence-corrected chi connectivity index (χ0v) is 21.9. The van der Waals surface area contributed by atoms with Crippen LogP contribution < -0.4 is 0 Å². The third kappa shape index (κ3) is 29.2. The Balaban J connectivity index is 3.06. The Bertz CT molecular complexity index is 388. The first kappa shape index (κ1) is 31.2. The van der Waals surface area contributed by atoms with Crippen molar-refractivity contribution in [2.45, 2.75) is 174 Å². The van der Waals surface area contributed by atoms with E-state index in [4.69, 9.17) is 5.11 Å². The molecule has 190 valence electrons. The van der Waals surface area contributed by atoms with Crippen LogP contribution in [0.4, 0.5) is 0 Å². The molecule has 2 nitrogen and oxygen atoms in total. The standard InChI is InChI=1S/C30H58O2/c1-2-3-4-5-6-7-8-9-10-11-12-13-14-15-16-17-18-19-20-21-22-23-24-25-26-27-28-29-30(31)32/h9-10H,2-8,11-29H2,1H3,(H,31,32)/b10-9-. The normalized spacial score (nSPS) is 11.5. The molecule has 0 amide bonds. The number of unbranched alkanes of at least 4 members (excludes halogenated alkanes) is 23. The molecule has 0 aliphatic heterocycles. The summed E-state index contributed by atoms with van der Waals surface area (Å²) >= 11 is 0. The van der Waals surface area contributed by atoms with Gasteiger partial charge in [-0.15, -0.1) is 0 Å². The summed E-state index contributed by atoms with van der Waals surface area (Å²) in [6.45, 7) is 2.29. The lowest BCUT2D eigenvalue weighted by Crippen LogP contribution is -1.93. The molecule has 0 unspecified atom stereocenters. The van der Waals surface area contributed by atoms with E-state index in [1.165, 1.54) is 148 Å². The second kappa shape index (κ2) is 28.2. The van der Waals surface area contributed by atoms with Crippen LogP contribution in [0.5, 0.6) is 0 Å². The van der Waals surface area contributed by atoms with Crippen LogP contribution in [0.15, 0.2) is 12.2 Å². The van der Waals surface area contributed by atoms with Crippen molar-refractivity contribution in [1.29, 1.82) is 0 Å². The van der Waals surface area contributed by atoms with Gasteiger partial charge >= 0.3 is 5.97 Å². The Morgan fingerprint density at radius 1 is 0.469 bits per heavy atom. The highest BCUT2D eigenvalue weighted by Crippen LogP contribution is 2.15. The lowest BCUT2D eigenvalue weighted by molar-refractivity contribution is -0.137. The maximum Gasteiger partial charge on any atom is 0.303 e. The van der Waals surface area contributed by atoms with Crippen molar-refractivity contribution in [2.24, 2.45) is 0 Å². The molecule has 0 radical (unpaired) electrons. The first-order chi connectivity index (χ1) is 15.8. The lowest BCUT2D eigenvalue weighted by atomic mass is 10.0. The van der Waals surface area contributed by atoms with Gasteiger partial charge in [0.05, 0.1) is 0 Å². The maximum atomic E-state index is 10.4. The topological polar surface area (TPSA) is 37.3 Å². The summed E-state index contributed by atoms with van der Waals surface area (Å²) in [5.41, 5.74) is 0. The van der Waals surface area contributed by atoms with E-state index in [1.807, 2.05) is 0 Å². The second-order valence-electron chi connectivity index (χ2n) is 9.97. The van der Waals surface area contributed by atoms with Gasteiger partial charge in [-0.1, -0.05) is 147 Å². The highest BCUT2D eigenvalue weighted by atomic mass is 16.4. The Hall–Kier alpha value is -0.790. The fourth-order valence-corrected chi connectivity index (χ4v) is 4.47. The molecule has 0 aromatic rings. The summed E-state index contributed by atoms with van der Waals surface area (Å²) < 4.78 is 0. The average molecular weight is 451 g/mol. The molecular formula is C30H58O2. The van der Waals surface area contributed by atoms with E-state index in [0.717, 1.165) is 12.8 Å². The molecular weight excluding hydrogens is 392 g/mol. The second-order valence-corrected chi connectivity index (χ2v) is 9.97. The predicted molar refractivity (Wildman–Crippen MR) is 142 cm³/mol. The van der Waals surface area contributed by atoms with Gasteiger partial charge in [-0.2, -0.15) is 0 Å². The van der Waals surface area contributed by atoms with Crippen LogP contribution in [-0.4, -0.2) is 11.1 Å². The third-order valence-corrected chi connectivity index (χ3v) is 6.65. The lowest BCUT2D eigenvalue weighted by Gasteiger charge is -2.03. The molecule has 1 N–H and O–H groups in total. The molecule has 0 spiro atoms. The monoisotopic (exact) mass is 450 g/mol. The van der Waals surface area contributed by atoms with E-state index < -0.39 is 5.97 Å². The van der Waals surface area contributed by atoms with Crippen molar-refractivity contribution in [3.8, 4) is 0 Å². The van der Waals surface area contributed by atoms with Crippen molar-refractivity contribution >= 4 is 5.97 Å². The summed E-state index contributed by atoms with van der Waals surface area (Å²) in [4.78, 5) is 10.4. The summed E-state index contributed by atoms with van der Waals surface area (Å²) in [6, 6.07) is 0. The number of carbonyl (C=O) groups is 1. The molecule has 32 heavy (non-hydrogen) atoms. The Morgan fingerprint density at radius 2 is 0.750 bits per heavy atom. The maximum absolute atomic E-state index is 10.4. The molecule has 0 atom stereocenters. The predicted octanol–water partition coefficient (Wildman–Crippen LogP) is 10.8. The molecule has 0 saturated carbocycles. The Kier molecular flexibility index (Phi) is 27.5. The van der Waals surface area contributed by atoms with Gasteiger partial charge < -0.3 is 5.11 Å². The largest absolute Gasteiger partial charge is 0.481 e. The van der Waals surface area contributed by atoms with Crippen LogP contribution in [0.3, 0.4) is 0 Å². The number of rotatable bonds is 27. The van der Waals surface area contributed by atoms with Crippen LogP contribution in [-0.2, 0) is 4.79 Å². The van der Waals surface area contributed by atoms with E-state index in [1.54, 1.807) is 0 Å². The molecule has 2 heteroatoms. The number of carboxylic acids is 1. The molecule has 0 heterocycles. The van der Waals surface area contributed by atoms with Gasteiger partial charge in [0, 0.05) is 6.42 Å². The zero-order valence-electron chi connectivity index (χ0n) is 21.9. The van der Waals surface area contributed by atoms with Gasteiger partial charge in [0.15, 0.2) is 0 Å². The van der Waals surface area contributed by atoms with E-state index in [9.17, 15) is 4.79 Å². The number of hydrogen-bond donors (Lipinski definition) is 1. The highest BCUT2D eigenvalue weighted by molar-refractivity contribution is 5.66. The van der Waals surface area contributed by atoms with Gasteiger partial charge in [-0.05, 0) is 32.1 Å². The van der Waals surface area contributed by atoms with Crippen molar-refractivity contribution < 1.29 is 9.90 Å². The quantitative estimate of drug-likeness (QED) is 0.0997. The Morgan fingerprint density at radius 3 is 1.06 bits per heavy atom. The van der Waals surface area contributed by atoms with Crippen LogP contribution in [0.1, 0.15) is 174 Å². The minimum Gasteiger partial charge on any atom is -0.481 e. The number of aliphatic carboxylic acids is 1. The van der Waals surface area contributed by atoms with Gasteiger partial charge in [-0.3, -0.25) is 4.79 Å². The van der Waals surface area contributed by atoms with Crippen LogP contribution >= 0.6 is 0 Å². The minimum absolute atomic E-state index is 0.344. The first-order valence-corrected chi connectivity index (χ1v) is 14.6. The summed E-state index contributed by atoms with van der Waals surface area (Å²) in [6.07, 6.45) is 39.0. The molecule has 0 aromatic heterocycles. The third-order valence-electron chi connectivity index (χ3n) is 6.65. The van der Waals surface area contributed by atoms with Crippen LogP contribution in [0.2, 0.25) is 0 Å². The fourth-order valence-electron chi connectivity index (χ4n) is 4.47. The highest BCUT2D eigenvalue weighted by Gasteiger charge is 1.97. The minimum atomic E-state index is -0.651. The first-order valence-electron chi connectivity index (χ1n) is 14.6. The molecule has 0 bridgehead atoms. The van der Waals surface area contributed by atoms with Crippen molar-refractivity contribution in [3.63, 3.8) is 0 Å².